The number of aliphatic imine (C=N–C) groups is 1. The number of nitrogens with zero attached hydrogens (tertiary/aromatic N) is 1. The highest BCUT2D eigenvalue weighted by Gasteiger charge is 2.32. The summed E-state index contributed by atoms with van der Waals surface area (Å²) in [5, 5.41) is 33.0. The smallest absolute Gasteiger partial charge is 0.325 e. The van der Waals surface area contributed by atoms with Crippen LogP contribution in [0, 0.1) is 5.92 Å². The fourth-order valence-electron chi connectivity index (χ4n) is 7.36. The first-order valence-electron chi connectivity index (χ1n) is 23.8. The SMILES string of the molecule is CN[C@@H](CCC(N)=O)C(=O)N[C@@H](Cc1ccccc1)C(=O)NCC(=O)N[C@@H](CC(C)C)C(=O)N[C@@H](Cc1c[nH]c2ccccc12)C(=O)N[C@@H](CCCN=C(N)N)C(=O)NCC(=O)N[C@@H](C)C(=O)N[C@@H](C)C(=O)O. The summed E-state index contributed by atoms with van der Waals surface area (Å²) in [6.07, 6.45) is 1.82. The topological polar surface area (TPSA) is 405 Å². The molecule has 73 heavy (non-hydrogen) atoms. The van der Waals surface area contributed by atoms with E-state index in [9.17, 15) is 47.9 Å². The normalized spacial score (nSPS) is 13.8. The number of carboxylic acid groups (broad SMARTS) is 1. The molecular weight excluding hydrogens is 949 g/mol. The summed E-state index contributed by atoms with van der Waals surface area (Å²) in [6, 6.07) is 7.73. The van der Waals surface area contributed by atoms with Crippen LogP contribution >= 0.6 is 0 Å². The Hall–Kier alpha value is -8.09. The highest BCUT2D eigenvalue weighted by molar-refractivity contribution is 5.97. The minimum absolute atomic E-state index is 0.0470. The zero-order valence-electron chi connectivity index (χ0n) is 41.7. The van der Waals surface area contributed by atoms with Gasteiger partial charge >= 0.3 is 5.97 Å². The van der Waals surface area contributed by atoms with Gasteiger partial charge < -0.3 is 75.1 Å². The van der Waals surface area contributed by atoms with E-state index in [1.54, 1.807) is 42.6 Å². The third kappa shape index (κ3) is 21.0. The molecule has 25 heteroatoms. The Labute approximate surface area is 422 Å². The van der Waals surface area contributed by atoms with Gasteiger partial charge in [0.15, 0.2) is 5.96 Å². The molecule has 398 valence electrons. The molecular formula is C48H70N14O11. The first kappa shape index (κ1) is 59.2. The molecule has 0 saturated carbocycles. The molecule has 7 atom stereocenters. The summed E-state index contributed by atoms with van der Waals surface area (Å²) in [5.41, 5.74) is 18.3. The number of amides is 9. The van der Waals surface area contributed by atoms with Crippen molar-refractivity contribution in [3.8, 4) is 0 Å². The number of guanidine groups is 1. The highest BCUT2D eigenvalue weighted by atomic mass is 16.4. The van der Waals surface area contributed by atoms with E-state index in [2.05, 4.69) is 57.8 Å². The van der Waals surface area contributed by atoms with E-state index in [-0.39, 0.29) is 63.4 Å². The van der Waals surface area contributed by atoms with E-state index in [1.807, 2.05) is 32.0 Å². The number of aromatic nitrogens is 1. The van der Waals surface area contributed by atoms with Crippen molar-refractivity contribution in [1.29, 1.82) is 0 Å². The van der Waals surface area contributed by atoms with Crippen molar-refractivity contribution >= 4 is 76.0 Å². The number of primary amides is 1. The molecule has 0 aliphatic heterocycles. The lowest BCUT2D eigenvalue weighted by Gasteiger charge is -2.26. The summed E-state index contributed by atoms with van der Waals surface area (Å²) < 4.78 is 0. The van der Waals surface area contributed by atoms with Crippen LogP contribution in [0.5, 0.6) is 0 Å². The Morgan fingerprint density at radius 2 is 1.16 bits per heavy atom. The van der Waals surface area contributed by atoms with Crippen molar-refractivity contribution in [2.45, 2.75) is 115 Å². The number of benzene rings is 2. The zero-order chi connectivity index (χ0) is 54.2. The van der Waals surface area contributed by atoms with Crippen LogP contribution in [0.25, 0.3) is 10.9 Å². The summed E-state index contributed by atoms with van der Waals surface area (Å²) in [7, 11) is 1.52. The second-order valence-electron chi connectivity index (χ2n) is 17.8. The van der Waals surface area contributed by atoms with Crippen LogP contribution in [-0.2, 0) is 60.8 Å². The number of nitrogens with one attached hydrogen (secondary N) is 10. The molecule has 1 aromatic heterocycles. The maximum absolute atomic E-state index is 14.4. The second kappa shape index (κ2) is 29.9. The van der Waals surface area contributed by atoms with E-state index >= 15 is 0 Å². The van der Waals surface area contributed by atoms with Crippen LogP contribution in [-0.4, -0.2) is 144 Å². The number of carbonyl (C=O) groups is 10. The van der Waals surface area contributed by atoms with Crippen molar-refractivity contribution in [2.24, 2.45) is 28.1 Å². The Kier molecular flexibility index (Phi) is 24.3. The minimum Gasteiger partial charge on any atom is -0.480 e. The maximum Gasteiger partial charge on any atom is 0.325 e. The number of para-hydroxylation sites is 1. The monoisotopic (exact) mass is 1020 g/mol. The number of carbonyl (C=O) groups excluding carboxylic acids is 9. The Morgan fingerprint density at radius 3 is 1.77 bits per heavy atom. The fourth-order valence-corrected chi connectivity index (χ4v) is 7.36. The van der Waals surface area contributed by atoms with E-state index < -0.39 is 115 Å². The molecule has 17 N–H and O–H groups in total. The van der Waals surface area contributed by atoms with Gasteiger partial charge in [-0.15, -0.1) is 0 Å². The lowest BCUT2D eigenvalue weighted by Crippen LogP contribution is -2.58. The van der Waals surface area contributed by atoms with Crippen molar-refractivity contribution in [3.63, 3.8) is 0 Å². The molecule has 0 bridgehead atoms. The van der Waals surface area contributed by atoms with Gasteiger partial charge in [-0.25, -0.2) is 0 Å². The largest absolute Gasteiger partial charge is 0.480 e. The summed E-state index contributed by atoms with van der Waals surface area (Å²) in [4.78, 5) is 138. The van der Waals surface area contributed by atoms with Gasteiger partial charge in [0.25, 0.3) is 0 Å². The molecule has 0 saturated heterocycles. The molecule has 0 radical (unpaired) electrons. The van der Waals surface area contributed by atoms with Gasteiger partial charge in [0.1, 0.15) is 36.3 Å². The van der Waals surface area contributed by atoms with Gasteiger partial charge in [-0.2, -0.15) is 0 Å². The number of hydrogen-bond donors (Lipinski definition) is 14. The molecule has 0 fully saturated rings. The number of fused-ring (bicyclic) bond motifs is 1. The van der Waals surface area contributed by atoms with Gasteiger partial charge in [0.2, 0.25) is 53.2 Å². The minimum atomic E-state index is -1.37. The molecule has 0 unspecified atom stereocenters. The first-order valence-corrected chi connectivity index (χ1v) is 23.8. The third-order valence-electron chi connectivity index (χ3n) is 11.3. The van der Waals surface area contributed by atoms with Gasteiger partial charge in [-0.1, -0.05) is 62.4 Å². The van der Waals surface area contributed by atoms with E-state index in [4.69, 9.17) is 22.3 Å². The van der Waals surface area contributed by atoms with Crippen molar-refractivity contribution in [3.05, 3.63) is 71.9 Å². The van der Waals surface area contributed by atoms with Gasteiger partial charge in [-0.3, -0.25) is 52.9 Å². The van der Waals surface area contributed by atoms with Crippen molar-refractivity contribution in [2.75, 3.05) is 26.7 Å². The molecule has 1 heterocycles. The number of carboxylic acids is 1. The van der Waals surface area contributed by atoms with Crippen molar-refractivity contribution in [1.82, 2.24) is 52.8 Å². The van der Waals surface area contributed by atoms with Crippen LogP contribution in [0.15, 0.2) is 65.8 Å². The average Bonchev–Trinajstić information content (AvgIpc) is 3.75. The van der Waals surface area contributed by atoms with Gasteiger partial charge in [-0.05, 0) is 69.7 Å². The number of aromatic amines is 1. The molecule has 0 spiro atoms. The van der Waals surface area contributed by atoms with Crippen LogP contribution in [0.2, 0.25) is 0 Å². The molecule has 3 rings (SSSR count). The van der Waals surface area contributed by atoms with Gasteiger partial charge in [0, 0.05) is 42.9 Å². The number of likely N-dealkylation sites (N-methyl/N-ethyl adjacent to an activating group) is 1. The van der Waals surface area contributed by atoms with E-state index in [0.717, 1.165) is 10.9 Å². The number of nitrogens with two attached hydrogens (primary N) is 3. The second-order valence-corrected chi connectivity index (χ2v) is 17.8. The molecule has 3 aromatic rings. The van der Waals surface area contributed by atoms with E-state index in [1.165, 1.54) is 20.9 Å². The zero-order valence-corrected chi connectivity index (χ0v) is 41.7. The number of rotatable bonds is 31. The molecule has 25 nitrogen and oxygen atoms in total. The van der Waals surface area contributed by atoms with Crippen LogP contribution in [0.4, 0.5) is 0 Å². The number of hydrogen-bond acceptors (Lipinski definition) is 12. The van der Waals surface area contributed by atoms with Crippen molar-refractivity contribution < 1.29 is 53.1 Å². The molecule has 0 aliphatic carbocycles. The van der Waals surface area contributed by atoms with E-state index in [0.29, 0.717) is 11.1 Å². The Bertz CT molecular complexity index is 2430. The molecule has 2 aromatic carbocycles. The fraction of sp³-hybridized carbons (Fsp3) is 0.479. The molecule has 9 amide bonds. The van der Waals surface area contributed by atoms with Crippen LogP contribution in [0.3, 0.4) is 0 Å². The Balaban J connectivity index is 1.83. The lowest BCUT2D eigenvalue weighted by atomic mass is 10.00. The van der Waals surface area contributed by atoms with Crippen LogP contribution < -0.4 is 65.1 Å². The standard InChI is InChI=1S/C48H70N14O11/c1-26(2)20-35(59-40(65)25-56-43(68)36(21-29-12-7-6-8-13-29)61-44(69)33(52-5)17-18-38(49)63)45(70)62-37(22-30-23-54-32-15-10-9-14-31(30)32)46(71)60-34(16-11-19-53-48(50)51)42(67)55-24-39(64)57-27(3)41(66)58-28(4)47(72)73/h6-10,12-15,23,26-28,33-37,52,54H,11,16-22,24-25H2,1-5H3,(H2,49,63)(H,55,67)(H,56,68)(H,57,64)(H,58,66)(H,59,65)(H,60,71)(H,61,69)(H,62,70)(H,72,73)(H4,50,51,53)/t27-,28-,33-,34-,35-,36-,37-/m0/s1. The quantitative estimate of drug-likeness (QED) is 0.0176. The average molecular weight is 1020 g/mol. The molecule has 0 aliphatic rings. The lowest BCUT2D eigenvalue weighted by molar-refractivity contribution is -0.141. The summed E-state index contributed by atoms with van der Waals surface area (Å²) >= 11 is 0. The highest BCUT2D eigenvalue weighted by Crippen LogP contribution is 2.20. The third-order valence-corrected chi connectivity index (χ3v) is 11.3. The number of aliphatic carboxylic acids is 1. The van der Waals surface area contributed by atoms with Gasteiger partial charge in [0.05, 0.1) is 19.1 Å². The predicted octanol–water partition coefficient (Wildman–Crippen LogP) is -2.83. The maximum atomic E-state index is 14.4. The van der Waals surface area contributed by atoms with Crippen LogP contribution in [0.1, 0.15) is 70.9 Å². The predicted molar refractivity (Wildman–Crippen MR) is 269 cm³/mol. The Morgan fingerprint density at radius 1 is 0.603 bits per heavy atom. The summed E-state index contributed by atoms with van der Waals surface area (Å²) in [5.74, 6) is -8.31. The number of H-pyrrole nitrogens is 1. The summed E-state index contributed by atoms with van der Waals surface area (Å²) in [6.45, 7) is 4.99. The first-order chi connectivity index (χ1) is 34.6.